The highest BCUT2D eigenvalue weighted by Crippen LogP contribution is 2.46. The predicted molar refractivity (Wildman–Crippen MR) is 112 cm³/mol. The number of aromatic amines is 1. The smallest absolute Gasteiger partial charge is 0.223 e. The summed E-state index contributed by atoms with van der Waals surface area (Å²) >= 11 is 0. The summed E-state index contributed by atoms with van der Waals surface area (Å²) in [6.45, 7) is 4.09. The molecule has 0 bridgehead atoms. The first kappa shape index (κ1) is 19.1. The third-order valence-corrected chi connectivity index (χ3v) is 7.78. The molecule has 1 aromatic heterocycles. The molecule has 6 heteroatoms. The summed E-state index contributed by atoms with van der Waals surface area (Å²) in [7, 11) is 0. The molecule has 0 radical (unpaired) electrons. The lowest BCUT2D eigenvalue weighted by Crippen LogP contribution is -2.47. The molecular formula is C23H32N4O2. The molecule has 1 unspecified atom stereocenters. The van der Waals surface area contributed by atoms with Crippen molar-refractivity contribution >= 4 is 16.9 Å². The monoisotopic (exact) mass is 396 g/mol. The fourth-order valence-electron chi connectivity index (χ4n) is 5.63. The molecule has 1 spiro atoms. The Kier molecular flexibility index (Phi) is 5.08. The van der Waals surface area contributed by atoms with Gasteiger partial charge in [0, 0.05) is 57.6 Å². The van der Waals surface area contributed by atoms with E-state index in [9.17, 15) is 9.90 Å². The van der Waals surface area contributed by atoms with Gasteiger partial charge >= 0.3 is 0 Å². The fraction of sp³-hybridized carbons (Fsp3) is 0.652. The van der Waals surface area contributed by atoms with E-state index in [0.29, 0.717) is 18.8 Å². The summed E-state index contributed by atoms with van der Waals surface area (Å²) in [5, 5.41) is 10.0. The van der Waals surface area contributed by atoms with Gasteiger partial charge in [-0.1, -0.05) is 18.6 Å². The lowest BCUT2D eigenvalue weighted by atomic mass is 9.71. The number of benzene rings is 1. The van der Waals surface area contributed by atoms with E-state index in [-0.39, 0.29) is 17.9 Å². The first-order chi connectivity index (χ1) is 14.2. The van der Waals surface area contributed by atoms with Crippen LogP contribution < -0.4 is 0 Å². The van der Waals surface area contributed by atoms with Crippen LogP contribution in [0.1, 0.15) is 44.3 Å². The second kappa shape index (κ2) is 7.73. The molecule has 2 aromatic rings. The number of nitrogens with zero attached hydrogens (tertiary/aromatic N) is 3. The number of para-hydroxylation sites is 2. The fourth-order valence-corrected chi connectivity index (χ4v) is 5.63. The van der Waals surface area contributed by atoms with Crippen molar-refractivity contribution in [2.24, 2.45) is 11.3 Å². The average molecular weight is 397 g/mol. The Balaban J connectivity index is 1.16. The van der Waals surface area contributed by atoms with Crippen LogP contribution in [0.15, 0.2) is 24.3 Å². The maximum absolute atomic E-state index is 12.8. The number of aliphatic hydroxyl groups excluding tert-OH is 1. The molecule has 156 valence electrons. The van der Waals surface area contributed by atoms with Crippen molar-refractivity contribution in [2.45, 2.75) is 51.0 Å². The average Bonchev–Trinajstić information content (AvgIpc) is 3.26. The molecule has 3 fully saturated rings. The highest BCUT2D eigenvalue weighted by molar-refractivity contribution is 5.77. The highest BCUT2D eigenvalue weighted by atomic mass is 16.3. The normalized spacial score (nSPS) is 25.0. The van der Waals surface area contributed by atoms with Gasteiger partial charge in [-0.25, -0.2) is 4.98 Å². The standard InChI is InChI=1S/C23H32N4O2/c28-15-17-14-27(18-4-3-5-18)16-23(17)10-12-26(13-11-23)22(29)9-8-21-24-19-6-1-2-7-20(19)25-21/h1-2,6-7,17-18,28H,3-5,8-16H2,(H,24,25). The van der Waals surface area contributed by atoms with Crippen molar-refractivity contribution in [3.8, 4) is 0 Å². The Labute approximate surface area is 172 Å². The number of imidazole rings is 1. The number of likely N-dealkylation sites (tertiary alicyclic amines) is 2. The third-order valence-electron chi connectivity index (χ3n) is 7.78. The second-order valence-corrected chi connectivity index (χ2v) is 9.34. The number of H-pyrrole nitrogens is 1. The number of nitrogens with one attached hydrogen (secondary N) is 1. The first-order valence-corrected chi connectivity index (χ1v) is 11.2. The zero-order chi connectivity index (χ0) is 19.8. The van der Waals surface area contributed by atoms with Gasteiger partial charge < -0.3 is 15.0 Å². The van der Waals surface area contributed by atoms with Gasteiger partial charge in [0.15, 0.2) is 0 Å². The van der Waals surface area contributed by atoms with Crippen molar-refractivity contribution in [1.82, 2.24) is 19.8 Å². The van der Waals surface area contributed by atoms with E-state index in [2.05, 4.69) is 14.9 Å². The number of aliphatic hydroxyl groups is 1. The molecule has 2 N–H and O–H groups in total. The number of hydrogen-bond donors (Lipinski definition) is 2. The number of piperidine rings is 1. The maximum Gasteiger partial charge on any atom is 0.223 e. The van der Waals surface area contributed by atoms with E-state index in [4.69, 9.17) is 0 Å². The second-order valence-electron chi connectivity index (χ2n) is 9.34. The molecule has 1 aliphatic carbocycles. The zero-order valence-electron chi connectivity index (χ0n) is 17.1. The van der Waals surface area contributed by atoms with E-state index in [1.807, 2.05) is 29.2 Å². The topological polar surface area (TPSA) is 72.5 Å². The summed E-state index contributed by atoms with van der Waals surface area (Å²) in [5.74, 6) is 1.49. The maximum atomic E-state index is 12.8. The first-order valence-electron chi connectivity index (χ1n) is 11.2. The lowest BCUT2D eigenvalue weighted by Gasteiger charge is -2.43. The van der Waals surface area contributed by atoms with Crippen LogP contribution in [0.25, 0.3) is 11.0 Å². The number of carbonyl (C=O) groups is 1. The van der Waals surface area contributed by atoms with E-state index in [1.54, 1.807) is 0 Å². The molecule has 3 aliphatic rings. The van der Waals surface area contributed by atoms with Crippen LogP contribution in [-0.2, 0) is 11.2 Å². The Morgan fingerprint density at radius 3 is 2.72 bits per heavy atom. The minimum atomic E-state index is 0.208. The van der Waals surface area contributed by atoms with Gasteiger partial charge in [-0.15, -0.1) is 0 Å². The predicted octanol–water partition coefficient (Wildman–Crippen LogP) is 2.58. The quantitative estimate of drug-likeness (QED) is 0.815. The van der Waals surface area contributed by atoms with Gasteiger partial charge in [0.1, 0.15) is 5.82 Å². The van der Waals surface area contributed by atoms with Gasteiger partial charge in [0.25, 0.3) is 0 Å². The SMILES string of the molecule is O=C(CCc1nc2ccccc2[nH]1)N1CCC2(CC1)CN(C1CCC1)CC2CO. The molecule has 1 saturated carbocycles. The van der Waals surface area contributed by atoms with Crippen molar-refractivity contribution < 1.29 is 9.90 Å². The Morgan fingerprint density at radius 1 is 1.24 bits per heavy atom. The molecular weight excluding hydrogens is 364 g/mol. The van der Waals surface area contributed by atoms with Crippen molar-refractivity contribution in [3.63, 3.8) is 0 Å². The van der Waals surface area contributed by atoms with Crippen molar-refractivity contribution in [1.29, 1.82) is 0 Å². The summed E-state index contributed by atoms with van der Waals surface area (Å²) in [4.78, 5) is 25.4. The highest BCUT2D eigenvalue weighted by Gasteiger charge is 2.49. The summed E-state index contributed by atoms with van der Waals surface area (Å²) in [6.07, 6.45) is 7.21. The van der Waals surface area contributed by atoms with Crippen molar-refractivity contribution in [3.05, 3.63) is 30.1 Å². The largest absolute Gasteiger partial charge is 0.396 e. The van der Waals surface area contributed by atoms with Crippen LogP contribution in [-0.4, -0.2) is 69.6 Å². The molecule has 2 aliphatic heterocycles. The summed E-state index contributed by atoms with van der Waals surface area (Å²) in [5.41, 5.74) is 2.20. The zero-order valence-corrected chi connectivity index (χ0v) is 17.1. The van der Waals surface area contributed by atoms with E-state index < -0.39 is 0 Å². The van der Waals surface area contributed by atoms with Gasteiger partial charge in [0.05, 0.1) is 11.0 Å². The van der Waals surface area contributed by atoms with Crippen LogP contribution in [0.5, 0.6) is 0 Å². The van der Waals surface area contributed by atoms with Gasteiger partial charge in [-0.3, -0.25) is 9.69 Å². The molecule has 2 saturated heterocycles. The van der Waals surface area contributed by atoms with Crippen LogP contribution in [0.4, 0.5) is 0 Å². The Morgan fingerprint density at radius 2 is 2.03 bits per heavy atom. The molecule has 29 heavy (non-hydrogen) atoms. The number of carbonyl (C=O) groups excluding carboxylic acids is 1. The number of aryl methyl sites for hydroxylation is 1. The van der Waals surface area contributed by atoms with Crippen LogP contribution >= 0.6 is 0 Å². The van der Waals surface area contributed by atoms with E-state index in [1.165, 1.54) is 19.3 Å². The number of rotatable bonds is 5. The molecule has 1 aromatic carbocycles. The van der Waals surface area contributed by atoms with E-state index >= 15 is 0 Å². The van der Waals surface area contributed by atoms with Crippen LogP contribution in [0, 0.1) is 11.3 Å². The minimum absolute atomic E-state index is 0.208. The van der Waals surface area contributed by atoms with Gasteiger partial charge in [0.2, 0.25) is 5.91 Å². The summed E-state index contributed by atoms with van der Waals surface area (Å²) < 4.78 is 0. The third kappa shape index (κ3) is 3.57. The van der Waals surface area contributed by atoms with Gasteiger partial charge in [-0.2, -0.15) is 0 Å². The van der Waals surface area contributed by atoms with Crippen LogP contribution in [0.3, 0.4) is 0 Å². The number of fused-ring (bicyclic) bond motifs is 1. The Hall–Kier alpha value is -1.92. The van der Waals surface area contributed by atoms with E-state index in [0.717, 1.165) is 61.9 Å². The van der Waals surface area contributed by atoms with Gasteiger partial charge in [-0.05, 0) is 43.2 Å². The number of hydrogen-bond acceptors (Lipinski definition) is 4. The number of aromatic nitrogens is 2. The molecule has 6 nitrogen and oxygen atoms in total. The van der Waals surface area contributed by atoms with Crippen molar-refractivity contribution in [2.75, 3.05) is 32.8 Å². The summed E-state index contributed by atoms with van der Waals surface area (Å²) in [6, 6.07) is 8.73. The molecule has 5 rings (SSSR count). The Bertz CT molecular complexity index is 834. The number of amides is 1. The van der Waals surface area contributed by atoms with Crippen LogP contribution in [0.2, 0.25) is 0 Å². The minimum Gasteiger partial charge on any atom is -0.396 e. The molecule has 1 amide bonds. The molecule has 1 atom stereocenters. The lowest BCUT2D eigenvalue weighted by molar-refractivity contribution is -0.134. The molecule has 3 heterocycles.